The number of hydrogen-bond donors (Lipinski definition) is 1. The first-order valence-corrected chi connectivity index (χ1v) is 10.7. The molecule has 4 nitrogen and oxygen atoms in total. The maximum Gasteiger partial charge on any atom is 0.271 e. The SMILES string of the molecule is CCN1/C(=C\C=N\NC(=O)c2ccccc2)C(C)(Cc2ccccc2)c2cc(F)ccc21. The molecule has 1 N–H and O–H groups in total. The van der Waals surface area contributed by atoms with Gasteiger partial charge < -0.3 is 4.90 Å². The van der Waals surface area contributed by atoms with Gasteiger partial charge in [0.05, 0.1) is 0 Å². The largest absolute Gasteiger partial charge is 0.344 e. The van der Waals surface area contributed by atoms with E-state index < -0.39 is 5.41 Å². The van der Waals surface area contributed by atoms with Crippen molar-refractivity contribution in [2.45, 2.75) is 25.7 Å². The van der Waals surface area contributed by atoms with Gasteiger partial charge in [0.2, 0.25) is 0 Å². The number of carbonyl (C=O) groups excluding carboxylic acids is 1. The second-order valence-corrected chi connectivity index (χ2v) is 8.04. The number of likely N-dealkylation sites (N-methyl/N-ethyl adjacent to an activating group) is 1. The van der Waals surface area contributed by atoms with Gasteiger partial charge in [-0.2, -0.15) is 5.10 Å². The molecule has 0 saturated heterocycles. The third-order valence-corrected chi connectivity index (χ3v) is 5.93. The molecule has 162 valence electrons. The molecular formula is C27H26FN3O. The minimum Gasteiger partial charge on any atom is -0.344 e. The zero-order chi connectivity index (χ0) is 22.6. The molecule has 0 fully saturated rings. The maximum atomic E-state index is 14.2. The molecule has 1 aliphatic heterocycles. The van der Waals surface area contributed by atoms with Gasteiger partial charge in [0.25, 0.3) is 5.91 Å². The molecule has 0 spiro atoms. The number of carbonyl (C=O) groups is 1. The highest BCUT2D eigenvalue weighted by Gasteiger charge is 2.43. The number of benzene rings is 3. The first-order valence-electron chi connectivity index (χ1n) is 10.7. The first kappa shape index (κ1) is 21.5. The van der Waals surface area contributed by atoms with Crippen LogP contribution < -0.4 is 10.3 Å². The predicted molar refractivity (Wildman–Crippen MR) is 127 cm³/mol. The summed E-state index contributed by atoms with van der Waals surface area (Å²) < 4.78 is 14.2. The Bertz CT molecular complexity index is 1160. The van der Waals surface area contributed by atoms with E-state index in [0.717, 1.165) is 29.9 Å². The number of anilines is 1. The molecule has 32 heavy (non-hydrogen) atoms. The highest BCUT2D eigenvalue weighted by Crippen LogP contribution is 2.49. The minimum absolute atomic E-state index is 0.246. The van der Waals surface area contributed by atoms with E-state index in [1.807, 2.05) is 48.5 Å². The Morgan fingerprint density at radius 1 is 1.06 bits per heavy atom. The normalized spacial score (nSPS) is 18.8. The van der Waals surface area contributed by atoms with Crippen molar-refractivity contribution in [3.8, 4) is 0 Å². The van der Waals surface area contributed by atoms with Gasteiger partial charge in [-0.3, -0.25) is 4.79 Å². The number of fused-ring (bicyclic) bond motifs is 1. The van der Waals surface area contributed by atoms with Crippen molar-refractivity contribution in [2.24, 2.45) is 5.10 Å². The number of hydrogen-bond acceptors (Lipinski definition) is 3. The van der Waals surface area contributed by atoms with Crippen molar-refractivity contribution < 1.29 is 9.18 Å². The van der Waals surface area contributed by atoms with Gasteiger partial charge in [0, 0.05) is 35.1 Å². The predicted octanol–water partition coefficient (Wildman–Crippen LogP) is 5.47. The van der Waals surface area contributed by atoms with Crippen LogP contribution in [-0.4, -0.2) is 18.7 Å². The zero-order valence-electron chi connectivity index (χ0n) is 18.3. The van der Waals surface area contributed by atoms with E-state index in [4.69, 9.17) is 0 Å². The Morgan fingerprint density at radius 3 is 2.44 bits per heavy atom. The molecule has 0 aliphatic carbocycles. The van der Waals surface area contributed by atoms with E-state index in [9.17, 15) is 9.18 Å². The Labute approximate surface area is 188 Å². The third kappa shape index (κ3) is 4.19. The van der Waals surface area contributed by atoms with Crippen molar-refractivity contribution in [1.29, 1.82) is 0 Å². The molecule has 0 radical (unpaired) electrons. The third-order valence-electron chi connectivity index (χ3n) is 5.93. The summed E-state index contributed by atoms with van der Waals surface area (Å²) in [6.45, 7) is 4.94. The average Bonchev–Trinajstić information content (AvgIpc) is 3.04. The summed E-state index contributed by atoms with van der Waals surface area (Å²) >= 11 is 0. The minimum atomic E-state index is -0.440. The molecular weight excluding hydrogens is 401 g/mol. The lowest BCUT2D eigenvalue weighted by molar-refractivity contribution is 0.0955. The monoisotopic (exact) mass is 427 g/mol. The number of nitrogens with zero attached hydrogens (tertiary/aromatic N) is 2. The van der Waals surface area contributed by atoms with E-state index in [1.54, 1.807) is 24.4 Å². The molecule has 0 aromatic heterocycles. The van der Waals surface area contributed by atoms with Crippen LogP contribution in [0.5, 0.6) is 0 Å². The number of rotatable bonds is 6. The zero-order valence-corrected chi connectivity index (χ0v) is 18.3. The van der Waals surface area contributed by atoms with Crippen LogP contribution in [-0.2, 0) is 11.8 Å². The second kappa shape index (κ2) is 9.18. The van der Waals surface area contributed by atoms with Crippen LogP contribution in [0.1, 0.15) is 35.3 Å². The van der Waals surface area contributed by atoms with Gasteiger partial charge in [-0.1, -0.05) is 48.5 Å². The Morgan fingerprint density at radius 2 is 1.75 bits per heavy atom. The summed E-state index contributed by atoms with van der Waals surface area (Å²) in [6.07, 6.45) is 4.23. The van der Waals surface area contributed by atoms with Crippen molar-refractivity contribution >= 4 is 17.8 Å². The molecule has 3 aromatic carbocycles. The van der Waals surface area contributed by atoms with Crippen LogP contribution in [0.15, 0.2) is 95.7 Å². The average molecular weight is 428 g/mol. The van der Waals surface area contributed by atoms with Crippen molar-refractivity contribution in [3.05, 3.63) is 113 Å². The summed E-state index contributed by atoms with van der Waals surface area (Å²) in [4.78, 5) is 14.4. The quantitative estimate of drug-likeness (QED) is 0.419. The molecule has 1 unspecified atom stereocenters. The van der Waals surface area contributed by atoms with Gasteiger partial charge in [-0.15, -0.1) is 0 Å². The smallest absolute Gasteiger partial charge is 0.271 e. The van der Waals surface area contributed by atoms with E-state index in [0.29, 0.717) is 5.56 Å². The lowest BCUT2D eigenvalue weighted by Gasteiger charge is -2.30. The van der Waals surface area contributed by atoms with E-state index in [2.05, 4.69) is 41.4 Å². The standard InChI is InChI=1S/C27H26FN3O/c1-3-31-24-15-14-22(28)18-23(24)27(2,19-20-10-6-4-7-11-20)25(31)16-17-29-30-26(32)21-12-8-5-9-13-21/h4-18H,3,19H2,1-2H3,(H,30,32)/b25-16-,29-17+. The topological polar surface area (TPSA) is 44.7 Å². The van der Waals surface area contributed by atoms with Crippen LogP contribution in [0.4, 0.5) is 10.1 Å². The molecule has 1 aliphatic rings. The van der Waals surface area contributed by atoms with Gasteiger partial charge in [-0.05, 0) is 67.8 Å². The second-order valence-electron chi connectivity index (χ2n) is 8.04. The first-order chi connectivity index (χ1) is 15.5. The van der Waals surface area contributed by atoms with E-state index in [-0.39, 0.29) is 11.7 Å². The molecule has 3 aromatic rings. The number of amides is 1. The number of nitrogens with one attached hydrogen (secondary N) is 1. The highest BCUT2D eigenvalue weighted by atomic mass is 19.1. The van der Waals surface area contributed by atoms with Gasteiger partial charge >= 0.3 is 0 Å². The molecule has 4 rings (SSSR count). The van der Waals surface area contributed by atoms with E-state index >= 15 is 0 Å². The van der Waals surface area contributed by atoms with Crippen molar-refractivity contribution in [1.82, 2.24) is 5.43 Å². The summed E-state index contributed by atoms with van der Waals surface area (Å²) in [5.41, 5.74) is 6.82. The van der Waals surface area contributed by atoms with Crippen molar-refractivity contribution in [3.63, 3.8) is 0 Å². The van der Waals surface area contributed by atoms with Gasteiger partial charge in [-0.25, -0.2) is 9.82 Å². The summed E-state index contributed by atoms with van der Waals surface area (Å²) in [7, 11) is 0. The molecule has 0 saturated carbocycles. The van der Waals surface area contributed by atoms with E-state index in [1.165, 1.54) is 11.6 Å². The summed E-state index contributed by atoms with van der Waals surface area (Å²) in [5.74, 6) is -0.513. The fourth-order valence-electron chi connectivity index (χ4n) is 4.41. The fraction of sp³-hybridized carbons (Fsp3) is 0.185. The molecule has 0 bridgehead atoms. The van der Waals surface area contributed by atoms with Crippen LogP contribution in [0.3, 0.4) is 0 Å². The van der Waals surface area contributed by atoms with Gasteiger partial charge in [0.15, 0.2) is 0 Å². The maximum absolute atomic E-state index is 14.2. The van der Waals surface area contributed by atoms with Crippen LogP contribution in [0.2, 0.25) is 0 Å². The summed E-state index contributed by atoms with van der Waals surface area (Å²) in [6, 6.07) is 24.1. The Kier molecular flexibility index (Phi) is 6.17. The molecule has 1 amide bonds. The fourth-order valence-corrected chi connectivity index (χ4v) is 4.41. The number of halogens is 1. The number of hydrazone groups is 1. The molecule has 1 atom stereocenters. The molecule has 5 heteroatoms. The highest BCUT2D eigenvalue weighted by molar-refractivity contribution is 5.94. The summed E-state index contributed by atoms with van der Waals surface area (Å²) in [5, 5.41) is 4.13. The number of allylic oxidation sites excluding steroid dienone is 2. The lowest BCUT2D eigenvalue weighted by atomic mass is 9.76. The van der Waals surface area contributed by atoms with Gasteiger partial charge in [0.1, 0.15) is 5.82 Å². The van der Waals surface area contributed by atoms with Crippen LogP contribution in [0, 0.1) is 5.82 Å². The van der Waals surface area contributed by atoms with Crippen LogP contribution >= 0.6 is 0 Å². The Balaban J connectivity index is 1.67. The van der Waals surface area contributed by atoms with Crippen LogP contribution in [0.25, 0.3) is 0 Å². The van der Waals surface area contributed by atoms with Crippen molar-refractivity contribution in [2.75, 3.05) is 11.4 Å². The molecule has 1 heterocycles. The lowest BCUT2D eigenvalue weighted by Crippen LogP contribution is -2.31. The Hall–Kier alpha value is -3.73.